The van der Waals surface area contributed by atoms with Crippen molar-refractivity contribution in [3.63, 3.8) is 0 Å². The Bertz CT molecular complexity index is 406. The van der Waals surface area contributed by atoms with E-state index in [2.05, 4.69) is 5.32 Å². The topological polar surface area (TPSA) is 69.6 Å². The van der Waals surface area contributed by atoms with Crippen LogP contribution in [0.3, 0.4) is 0 Å². The molecule has 2 N–H and O–H groups in total. The highest BCUT2D eigenvalue weighted by molar-refractivity contribution is 5.80. The number of hydrogen-bond acceptors (Lipinski definition) is 2. The number of aliphatic carboxylic acids is 1. The molecular formula is C14H20N2O3. The molecule has 0 saturated heterocycles. The highest BCUT2D eigenvalue weighted by atomic mass is 16.4. The molecule has 1 aromatic rings. The van der Waals surface area contributed by atoms with Gasteiger partial charge in [0.25, 0.3) is 0 Å². The summed E-state index contributed by atoms with van der Waals surface area (Å²) in [4.78, 5) is 23.8. The largest absolute Gasteiger partial charge is 0.480 e. The molecule has 0 aliphatic carbocycles. The van der Waals surface area contributed by atoms with Crippen LogP contribution in [-0.4, -0.2) is 41.6 Å². The van der Waals surface area contributed by atoms with E-state index in [0.717, 1.165) is 18.4 Å². The van der Waals surface area contributed by atoms with E-state index >= 15 is 0 Å². The highest BCUT2D eigenvalue weighted by Gasteiger charge is 2.14. The van der Waals surface area contributed by atoms with E-state index in [9.17, 15) is 9.59 Å². The summed E-state index contributed by atoms with van der Waals surface area (Å²) in [6.45, 7) is 2.60. The number of amides is 2. The van der Waals surface area contributed by atoms with Gasteiger partial charge in [-0.3, -0.25) is 4.79 Å². The third kappa shape index (κ3) is 5.90. The molecule has 0 saturated carbocycles. The minimum absolute atomic E-state index is 0.259. The summed E-state index contributed by atoms with van der Waals surface area (Å²) in [5, 5.41) is 11.5. The van der Waals surface area contributed by atoms with Crippen LogP contribution in [0.1, 0.15) is 18.9 Å². The zero-order valence-electron chi connectivity index (χ0n) is 11.1. The van der Waals surface area contributed by atoms with Crippen molar-refractivity contribution in [2.45, 2.75) is 19.8 Å². The lowest BCUT2D eigenvalue weighted by molar-refractivity contribution is -0.137. The molecule has 0 unspecified atom stereocenters. The van der Waals surface area contributed by atoms with E-state index in [1.165, 1.54) is 4.90 Å². The summed E-state index contributed by atoms with van der Waals surface area (Å²) < 4.78 is 0. The Kier molecular flexibility index (Phi) is 6.43. The fourth-order valence-electron chi connectivity index (χ4n) is 1.76. The Hall–Kier alpha value is -2.04. The summed E-state index contributed by atoms with van der Waals surface area (Å²) in [5.74, 6) is -0.994. The van der Waals surface area contributed by atoms with Gasteiger partial charge in [-0.1, -0.05) is 37.3 Å². The summed E-state index contributed by atoms with van der Waals surface area (Å²) in [6.07, 6.45) is 1.47. The summed E-state index contributed by atoms with van der Waals surface area (Å²) in [6, 6.07) is 9.51. The molecule has 0 fully saturated rings. The van der Waals surface area contributed by atoms with E-state index < -0.39 is 5.97 Å². The molecule has 104 valence electrons. The van der Waals surface area contributed by atoms with Crippen LogP contribution in [0, 0.1) is 0 Å². The molecule has 5 nitrogen and oxygen atoms in total. The number of carboxylic acid groups (broad SMARTS) is 1. The van der Waals surface area contributed by atoms with Crippen molar-refractivity contribution in [2.24, 2.45) is 0 Å². The molecule has 0 atom stereocenters. The smallest absolute Gasteiger partial charge is 0.323 e. The maximum absolute atomic E-state index is 11.8. The standard InChI is InChI=1S/C14H20N2O3/c1-2-10-16(11-13(17)18)14(19)15-9-8-12-6-4-3-5-7-12/h3-7H,2,8-11H2,1H3,(H,15,19)(H,17,18). The van der Waals surface area contributed by atoms with Crippen LogP contribution < -0.4 is 5.32 Å². The first-order valence-corrected chi connectivity index (χ1v) is 6.42. The molecule has 0 heterocycles. The number of rotatable bonds is 7. The van der Waals surface area contributed by atoms with Gasteiger partial charge in [0.15, 0.2) is 0 Å². The molecule has 0 bridgehead atoms. The third-order valence-electron chi connectivity index (χ3n) is 2.64. The number of benzene rings is 1. The summed E-state index contributed by atoms with van der Waals surface area (Å²) in [5.41, 5.74) is 1.14. The van der Waals surface area contributed by atoms with E-state index in [1.807, 2.05) is 37.3 Å². The van der Waals surface area contributed by atoms with Gasteiger partial charge in [-0.05, 0) is 18.4 Å². The van der Waals surface area contributed by atoms with Gasteiger partial charge in [0.1, 0.15) is 6.54 Å². The van der Waals surface area contributed by atoms with Crippen LogP contribution in [0.5, 0.6) is 0 Å². The molecule has 19 heavy (non-hydrogen) atoms. The zero-order chi connectivity index (χ0) is 14.1. The first-order valence-electron chi connectivity index (χ1n) is 6.42. The van der Waals surface area contributed by atoms with Crippen molar-refractivity contribution in [1.82, 2.24) is 10.2 Å². The fraction of sp³-hybridized carbons (Fsp3) is 0.429. The highest BCUT2D eigenvalue weighted by Crippen LogP contribution is 1.99. The summed E-state index contributed by atoms with van der Waals surface area (Å²) >= 11 is 0. The van der Waals surface area contributed by atoms with Gasteiger partial charge in [-0.2, -0.15) is 0 Å². The normalized spacial score (nSPS) is 9.95. The SMILES string of the molecule is CCCN(CC(=O)O)C(=O)NCCc1ccccc1. The van der Waals surface area contributed by atoms with E-state index in [1.54, 1.807) is 0 Å². The fourth-order valence-corrected chi connectivity index (χ4v) is 1.76. The average molecular weight is 264 g/mol. The van der Waals surface area contributed by atoms with Gasteiger partial charge in [0.05, 0.1) is 0 Å². The lowest BCUT2D eigenvalue weighted by Crippen LogP contribution is -2.43. The van der Waals surface area contributed by atoms with E-state index in [-0.39, 0.29) is 12.6 Å². The zero-order valence-corrected chi connectivity index (χ0v) is 11.1. The predicted octanol–water partition coefficient (Wildman–Crippen LogP) is 1.74. The molecule has 1 rings (SSSR count). The van der Waals surface area contributed by atoms with Crippen LogP contribution in [-0.2, 0) is 11.2 Å². The number of urea groups is 1. The van der Waals surface area contributed by atoms with Crippen LogP contribution in [0.2, 0.25) is 0 Å². The van der Waals surface area contributed by atoms with Crippen molar-refractivity contribution in [1.29, 1.82) is 0 Å². The molecule has 1 aromatic carbocycles. The molecule has 0 aromatic heterocycles. The lowest BCUT2D eigenvalue weighted by atomic mass is 10.1. The van der Waals surface area contributed by atoms with Crippen molar-refractivity contribution >= 4 is 12.0 Å². The van der Waals surface area contributed by atoms with Crippen LogP contribution in [0.25, 0.3) is 0 Å². The Labute approximate surface area is 113 Å². The monoisotopic (exact) mass is 264 g/mol. The van der Waals surface area contributed by atoms with Gasteiger partial charge in [-0.25, -0.2) is 4.79 Å². The quantitative estimate of drug-likeness (QED) is 0.788. The molecule has 0 spiro atoms. The summed E-state index contributed by atoms with van der Waals surface area (Å²) in [7, 11) is 0. The molecule has 2 amide bonds. The maximum Gasteiger partial charge on any atom is 0.323 e. The molecule has 0 aliphatic heterocycles. The second kappa shape index (κ2) is 8.13. The van der Waals surface area contributed by atoms with Crippen molar-refractivity contribution in [3.8, 4) is 0 Å². The predicted molar refractivity (Wildman–Crippen MR) is 73.0 cm³/mol. The number of nitrogens with zero attached hydrogens (tertiary/aromatic N) is 1. The first-order chi connectivity index (χ1) is 9.13. The average Bonchev–Trinajstić information content (AvgIpc) is 2.39. The van der Waals surface area contributed by atoms with Crippen molar-refractivity contribution in [3.05, 3.63) is 35.9 Å². The van der Waals surface area contributed by atoms with Crippen LogP contribution in [0.15, 0.2) is 30.3 Å². The van der Waals surface area contributed by atoms with Crippen molar-refractivity contribution < 1.29 is 14.7 Å². The number of carbonyl (C=O) groups excluding carboxylic acids is 1. The Morgan fingerprint density at radius 1 is 1.26 bits per heavy atom. The van der Waals surface area contributed by atoms with Crippen molar-refractivity contribution in [2.75, 3.05) is 19.6 Å². The number of hydrogen-bond donors (Lipinski definition) is 2. The first kappa shape index (κ1) is 15.0. The Morgan fingerprint density at radius 2 is 1.95 bits per heavy atom. The minimum Gasteiger partial charge on any atom is -0.480 e. The third-order valence-corrected chi connectivity index (χ3v) is 2.64. The molecule has 5 heteroatoms. The molecule has 0 radical (unpaired) electrons. The Balaban J connectivity index is 2.37. The Morgan fingerprint density at radius 3 is 2.53 bits per heavy atom. The van der Waals surface area contributed by atoms with Gasteiger partial charge in [0.2, 0.25) is 0 Å². The number of carboxylic acids is 1. The molecular weight excluding hydrogens is 244 g/mol. The van der Waals surface area contributed by atoms with Crippen LogP contribution >= 0.6 is 0 Å². The second-order valence-electron chi connectivity index (χ2n) is 4.28. The maximum atomic E-state index is 11.8. The van der Waals surface area contributed by atoms with Gasteiger partial charge < -0.3 is 15.3 Å². The molecule has 0 aliphatic rings. The van der Waals surface area contributed by atoms with E-state index in [4.69, 9.17) is 5.11 Å². The van der Waals surface area contributed by atoms with Gasteiger partial charge in [0, 0.05) is 13.1 Å². The van der Waals surface area contributed by atoms with E-state index in [0.29, 0.717) is 13.1 Å². The second-order valence-corrected chi connectivity index (χ2v) is 4.28. The van der Waals surface area contributed by atoms with Gasteiger partial charge >= 0.3 is 12.0 Å². The minimum atomic E-state index is -0.994. The van der Waals surface area contributed by atoms with Gasteiger partial charge in [-0.15, -0.1) is 0 Å². The van der Waals surface area contributed by atoms with Crippen LogP contribution in [0.4, 0.5) is 4.79 Å². The lowest BCUT2D eigenvalue weighted by Gasteiger charge is -2.20. The number of carbonyl (C=O) groups is 2. The number of nitrogens with one attached hydrogen (secondary N) is 1.